The van der Waals surface area contributed by atoms with Gasteiger partial charge in [0.15, 0.2) is 9.84 Å². The molecule has 0 amide bonds. The molecule has 1 atom stereocenters. The van der Waals surface area contributed by atoms with Gasteiger partial charge in [-0.1, -0.05) is 11.6 Å². The second kappa shape index (κ2) is 4.31. The normalized spacial score (nSPS) is 21.9. The fourth-order valence-corrected chi connectivity index (χ4v) is 4.01. The topological polar surface area (TPSA) is 89.2 Å². The second-order valence-electron chi connectivity index (χ2n) is 4.59. The highest BCUT2D eigenvalue weighted by atomic mass is 35.5. The van der Waals surface area contributed by atoms with Gasteiger partial charge >= 0.3 is 0 Å². The summed E-state index contributed by atoms with van der Waals surface area (Å²) >= 11 is 6.04. The molecule has 0 saturated carbocycles. The summed E-state index contributed by atoms with van der Waals surface area (Å²) in [5.74, 6) is 1.37. The van der Waals surface area contributed by atoms with Crippen LogP contribution in [0.3, 0.4) is 0 Å². The van der Waals surface area contributed by atoms with Crippen LogP contribution in [0.4, 0.5) is 5.82 Å². The van der Waals surface area contributed by atoms with Gasteiger partial charge in [0, 0.05) is 11.6 Å². The molecule has 102 valence electrons. The molecule has 1 unspecified atom stereocenters. The number of halogens is 1. The largest absolute Gasteiger partial charge is 0.366 e. The van der Waals surface area contributed by atoms with E-state index in [1.165, 1.54) is 10.8 Å². The first-order valence-electron chi connectivity index (χ1n) is 5.79. The Morgan fingerprint density at radius 1 is 1.53 bits per heavy atom. The van der Waals surface area contributed by atoms with E-state index < -0.39 is 9.84 Å². The number of hydrogen-bond acceptors (Lipinski definition) is 6. The van der Waals surface area contributed by atoms with Gasteiger partial charge in [-0.05, 0) is 13.3 Å². The maximum Gasteiger partial charge on any atom is 0.255 e. The number of anilines is 1. The van der Waals surface area contributed by atoms with Crippen LogP contribution in [0.5, 0.6) is 0 Å². The van der Waals surface area contributed by atoms with E-state index in [0.29, 0.717) is 23.2 Å². The van der Waals surface area contributed by atoms with Crippen LogP contribution >= 0.6 is 11.6 Å². The van der Waals surface area contributed by atoms with Gasteiger partial charge in [-0.25, -0.2) is 8.42 Å². The number of nitrogens with one attached hydrogen (secondary N) is 1. The highest BCUT2D eigenvalue weighted by molar-refractivity contribution is 7.91. The summed E-state index contributed by atoms with van der Waals surface area (Å²) in [5.41, 5.74) is 0.726. The Morgan fingerprint density at radius 3 is 3.00 bits per heavy atom. The van der Waals surface area contributed by atoms with Crippen molar-refractivity contribution >= 4 is 33.0 Å². The molecule has 19 heavy (non-hydrogen) atoms. The van der Waals surface area contributed by atoms with Crippen LogP contribution in [0.1, 0.15) is 12.0 Å². The smallest absolute Gasteiger partial charge is 0.255 e. The lowest BCUT2D eigenvalue weighted by Gasteiger charge is -2.15. The molecular weight excluding hydrogens is 290 g/mol. The van der Waals surface area contributed by atoms with Crippen molar-refractivity contribution in [2.24, 2.45) is 0 Å². The lowest BCUT2D eigenvalue weighted by Crippen LogP contribution is -2.23. The summed E-state index contributed by atoms with van der Waals surface area (Å²) in [6.45, 7) is 1.81. The van der Waals surface area contributed by atoms with E-state index in [2.05, 4.69) is 20.4 Å². The van der Waals surface area contributed by atoms with Crippen molar-refractivity contribution in [1.29, 1.82) is 0 Å². The van der Waals surface area contributed by atoms with Gasteiger partial charge in [0.2, 0.25) is 0 Å². The van der Waals surface area contributed by atoms with Crippen LogP contribution in [0.15, 0.2) is 6.33 Å². The zero-order valence-electron chi connectivity index (χ0n) is 10.2. The second-order valence-corrected chi connectivity index (χ2v) is 7.18. The first-order valence-corrected chi connectivity index (χ1v) is 7.99. The SMILES string of the molecule is Cc1c(Cl)nc2ncnn2c1NC1CCS(=O)(=O)C1. The third-order valence-electron chi connectivity index (χ3n) is 3.18. The first-order chi connectivity index (χ1) is 8.96. The number of hydrogen-bond donors (Lipinski definition) is 1. The molecule has 2 aromatic heterocycles. The number of fused-ring (bicyclic) bond motifs is 1. The molecule has 0 bridgehead atoms. The fraction of sp³-hybridized carbons (Fsp3) is 0.500. The van der Waals surface area contributed by atoms with Crippen molar-refractivity contribution in [2.45, 2.75) is 19.4 Å². The Labute approximate surface area is 114 Å². The number of aromatic nitrogens is 4. The Bertz CT molecular complexity index is 742. The summed E-state index contributed by atoms with van der Waals surface area (Å²) in [6.07, 6.45) is 1.96. The molecule has 0 spiro atoms. The predicted molar refractivity (Wildman–Crippen MR) is 71.2 cm³/mol. The molecule has 1 aliphatic rings. The van der Waals surface area contributed by atoms with Gasteiger partial charge in [0.25, 0.3) is 5.78 Å². The molecule has 9 heteroatoms. The van der Waals surface area contributed by atoms with Crippen molar-refractivity contribution in [3.8, 4) is 0 Å². The van der Waals surface area contributed by atoms with Crippen molar-refractivity contribution in [3.05, 3.63) is 17.0 Å². The number of rotatable bonds is 2. The lowest BCUT2D eigenvalue weighted by atomic mass is 10.2. The van der Waals surface area contributed by atoms with E-state index in [1.807, 2.05) is 6.92 Å². The molecule has 0 aliphatic carbocycles. The van der Waals surface area contributed by atoms with Crippen LogP contribution in [-0.2, 0) is 9.84 Å². The van der Waals surface area contributed by atoms with Gasteiger partial charge in [0.1, 0.15) is 17.3 Å². The molecule has 1 saturated heterocycles. The summed E-state index contributed by atoms with van der Waals surface area (Å²) in [5, 5.41) is 7.60. The Balaban J connectivity index is 2.01. The summed E-state index contributed by atoms with van der Waals surface area (Å²) in [6, 6.07) is -0.130. The van der Waals surface area contributed by atoms with E-state index in [4.69, 9.17) is 11.6 Å². The van der Waals surface area contributed by atoms with Crippen LogP contribution in [0.25, 0.3) is 5.78 Å². The van der Waals surface area contributed by atoms with Gasteiger partial charge in [-0.15, -0.1) is 0 Å². The van der Waals surface area contributed by atoms with E-state index in [-0.39, 0.29) is 17.5 Å². The molecule has 7 nitrogen and oxygen atoms in total. The summed E-state index contributed by atoms with van der Waals surface area (Å²) < 4.78 is 24.5. The molecular formula is C10H12ClN5O2S. The average Bonchev–Trinajstić information content (AvgIpc) is 2.91. The van der Waals surface area contributed by atoms with Gasteiger partial charge < -0.3 is 5.32 Å². The molecule has 1 fully saturated rings. The minimum Gasteiger partial charge on any atom is -0.366 e. The molecule has 3 heterocycles. The van der Waals surface area contributed by atoms with Gasteiger partial charge in [-0.2, -0.15) is 19.6 Å². The van der Waals surface area contributed by atoms with Crippen LogP contribution in [0, 0.1) is 6.92 Å². The molecule has 0 aromatic carbocycles. The Hall–Kier alpha value is -1.41. The van der Waals surface area contributed by atoms with Crippen molar-refractivity contribution in [2.75, 3.05) is 16.8 Å². The van der Waals surface area contributed by atoms with Crippen LogP contribution in [-0.4, -0.2) is 45.5 Å². The minimum absolute atomic E-state index is 0.128. The average molecular weight is 302 g/mol. The molecule has 1 aliphatic heterocycles. The lowest BCUT2D eigenvalue weighted by molar-refractivity contribution is 0.602. The molecule has 2 aromatic rings. The standard InChI is InChI=1S/C10H12ClN5O2S/c1-6-8(11)15-10-12-5-13-16(10)9(6)14-7-2-3-19(17,18)4-7/h5,7,14H,2-4H2,1H3. The molecule has 0 radical (unpaired) electrons. The van der Waals surface area contributed by atoms with E-state index >= 15 is 0 Å². The Morgan fingerprint density at radius 2 is 2.32 bits per heavy atom. The van der Waals surface area contributed by atoms with Crippen molar-refractivity contribution < 1.29 is 8.42 Å². The summed E-state index contributed by atoms with van der Waals surface area (Å²) in [7, 11) is -2.93. The maximum atomic E-state index is 11.5. The fourth-order valence-electron chi connectivity index (χ4n) is 2.17. The predicted octanol–water partition coefficient (Wildman–Crippen LogP) is 0.685. The van der Waals surface area contributed by atoms with Crippen LogP contribution in [0.2, 0.25) is 5.15 Å². The third-order valence-corrected chi connectivity index (χ3v) is 5.31. The first kappa shape index (κ1) is 12.6. The minimum atomic E-state index is -2.93. The number of sulfone groups is 1. The number of nitrogens with zero attached hydrogens (tertiary/aromatic N) is 4. The quantitative estimate of drug-likeness (QED) is 0.821. The monoisotopic (exact) mass is 301 g/mol. The van der Waals surface area contributed by atoms with E-state index in [1.54, 1.807) is 0 Å². The summed E-state index contributed by atoms with van der Waals surface area (Å²) in [4.78, 5) is 8.08. The molecule has 3 rings (SSSR count). The zero-order valence-corrected chi connectivity index (χ0v) is 11.7. The molecule has 1 N–H and O–H groups in total. The van der Waals surface area contributed by atoms with Gasteiger partial charge in [-0.3, -0.25) is 0 Å². The van der Waals surface area contributed by atoms with Crippen molar-refractivity contribution in [3.63, 3.8) is 0 Å². The maximum absolute atomic E-state index is 11.5. The highest BCUT2D eigenvalue weighted by Crippen LogP contribution is 2.24. The zero-order chi connectivity index (χ0) is 13.6. The van der Waals surface area contributed by atoms with E-state index in [9.17, 15) is 8.42 Å². The van der Waals surface area contributed by atoms with Crippen LogP contribution < -0.4 is 5.32 Å². The van der Waals surface area contributed by atoms with E-state index in [0.717, 1.165) is 5.56 Å². The Kier molecular flexibility index (Phi) is 2.86. The third kappa shape index (κ3) is 2.25. The van der Waals surface area contributed by atoms with Crippen molar-refractivity contribution in [1.82, 2.24) is 19.6 Å². The van der Waals surface area contributed by atoms with Gasteiger partial charge in [0.05, 0.1) is 11.5 Å². The highest BCUT2D eigenvalue weighted by Gasteiger charge is 2.29.